The minimum atomic E-state index is 0.648. The van der Waals surface area contributed by atoms with E-state index in [2.05, 4.69) is 12.1 Å². The van der Waals surface area contributed by atoms with Gasteiger partial charge in [-0.2, -0.15) is 0 Å². The van der Waals surface area contributed by atoms with Crippen LogP contribution in [0.3, 0.4) is 0 Å². The third-order valence-corrected chi connectivity index (χ3v) is 2.89. The summed E-state index contributed by atoms with van der Waals surface area (Å²) in [5.41, 5.74) is 3.58. The highest BCUT2D eigenvalue weighted by molar-refractivity contribution is 6.30. The normalized spacial score (nSPS) is 10.5. The lowest BCUT2D eigenvalue weighted by Crippen LogP contribution is -1.94. The smallest absolute Gasteiger partial charge is 0.0722 e. The number of rotatable bonds is 4. The molecule has 0 aliphatic carbocycles. The summed E-state index contributed by atoms with van der Waals surface area (Å²) in [6.07, 6.45) is 0. The second-order valence-corrected chi connectivity index (χ2v) is 4.24. The van der Waals surface area contributed by atoms with Crippen LogP contribution in [-0.2, 0) is 11.3 Å². The maximum absolute atomic E-state index is 5.90. The molecule has 0 heterocycles. The van der Waals surface area contributed by atoms with Gasteiger partial charge in [-0.15, -0.1) is 0 Å². The van der Waals surface area contributed by atoms with Crippen LogP contribution in [0.5, 0.6) is 0 Å². The van der Waals surface area contributed by atoms with Gasteiger partial charge in [0.05, 0.1) is 6.61 Å². The zero-order valence-electron chi connectivity index (χ0n) is 9.82. The number of halogens is 1. The number of ether oxygens (including phenoxy) is 1. The first-order chi connectivity index (χ1) is 8.31. The molecule has 0 unspecified atom stereocenters. The predicted octanol–water partition coefficient (Wildman–Crippen LogP) is 4.54. The summed E-state index contributed by atoms with van der Waals surface area (Å²) in [4.78, 5) is 0. The number of benzene rings is 2. The standard InChI is InChI=1S/C15H15ClO/c1-2-17-11-13-5-3-4-6-15(13)12-7-9-14(16)10-8-12/h3-10H,2,11H2,1H3. The molecule has 0 aromatic heterocycles. The Balaban J connectivity index is 2.33. The molecule has 0 spiro atoms. The van der Waals surface area contributed by atoms with E-state index in [0.29, 0.717) is 6.61 Å². The summed E-state index contributed by atoms with van der Waals surface area (Å²) in [6, 6.07) is 16.2. The van der Waals surface area contributed by atoms with E-state index in [1.807, 2.05) is 43.3 Å². The number of hydrogen-bond donors (Lipinski definition) is 0. The monoisotopic (exact) mass is 246 g/mol. The molecule has 0 bridgehead atoms. The molecule has 2 rings (SSSR count). The van der Waals surface area contributed by atoms with Crippen molar-refractivity contribution in [3.63, 3.8) is 0 Å². The van der Waals surface area contributed by atoms with Crippen LogP contribution in [0.2, 0.25) is 5.02 Å². The molecule has 2 aromatic rings. The van der Waals surface area contributed by atoms with Crippen LogP contribution < -0.4 is 0 Å². The van der Waals surface area contributed by atoms with Gasteiger partial charge >= 0.3 is 0 Å². The van der Waals surface area contributed by atoms with Crippen molar-refractivity contribution in [3.05, 3.63) is 59.1 Å². The van der Waals surface area contributed by atoms with E-state index in [9.17, 15) is 0 Å². The molecule has 2 heteroatoms. The highest BCUT2D eigenvalue weighted by Gasteiger charge is 2.04. The lowest BCUT2D eigenvalue weighted by atomic mass is 10.0. The number of hydrogen-bond acceptors (Lipinski definition) is 1. The highest BCUT2D eigenvalue weighted by Crippen LogP contribution is 2.25. The lowest BCUT2D eigenvalue weighted by molar-refractivity contribution is 0.134. The van der Waals surface area contributed by atoms with Crippen molar-refractivity contribution >= 4 is 11.6 Å². The fraction of sp³-hybridized carbons (Fsp3) is 0.200. The molecule has 0 aliphatic heterocycles. The van der Waals surface area contributed by atoms with E-state index in [4.69, 9.17) is 16.3 Å². The van der Waals surface area contributed by atoms with E-state index < -0.39 is 0 Å². The van der Waals surface area contributed by atoms with Crippen LogP contribution in [0.15, 0.2) is 48.5 Å². The average Bonchev–Trinajstić information content (AvgIpc) is 2.38. The van der Waals surface area contributed by atoms with E-state index in [1.54, 1.807) is 0 Å². The molecule has 17 heavy (non-hydrogen) atoms. The summed E-state index contributed by atoms with van der Waals surface area (Å²) in [5.74, 6) is 0. The summed E-state index contributed by atoms with van der Waals surface area (Å²) in [7, 11) is 0. The first kappa shape index (κ1) is 12.2. The second-order valence-electron chi connectivity index (χ2n) is 3.80. The Labute approximate surface area is 107 Å². The third kappa shape index (κ3) is 3.09. The van der Waals surface area contributed by atoms with Crippen LogP contribution >= 0.6 is 11.6 Å². The van der Waals surface area contributed by atoms with Crippen molar-refractivity contribution in [2.45, 2.75) is 13.5 Å². The van der Waals surface area contributed by atoms with E-state index in [-0.39, 0.29) is 0 Å². The first-order valence-electron chi connectivity index (χ1n) is 5.73. The maximum Gasteiger partial charge on any atom is 0.0722 e. The van der Waals surface area contributed by atoms with Crippen molar-refractivity contribution < 1.29 is 4.74 Å². The van der Waals surface area contributed by atoms with Crippen LogP contribution in [0.4, 0.5) is 0 Å². The fourth-order valence-electron chi connectivity index (χ4n) is 1.77. The predicted molar refractivity (Wildman–Crippen MR) is 72.2 cm³/mol. The van der Waals surface area contributed by atoms with E-state index >= 15 is 0 Å². The Kier molecular flexibility index (Phi) is 4.18. The van der Waals surface area contributed by atoms with Crippen LogP contribution in [0.1, 0.15) is 12.5 Å². The minimum Gasteiger partial charge on any atom is -0.377 e. The summed E-state index contributed by atoms with van der Waals surface area (Å²) < 4.78 is 5.48. The van der Waals surface area contributed by atoms with Crippen molar-refractivity contribution in [2.75, 3.05) is 6.61 Å². The maximum atomic E-state index is 5.90. The molecule has 2 aromatic carbocycles. The van der Waals surface area contributed by atoms with Crippen molar-refractivity contribution in [1.29, 1.82) is 0 Å². The molecule has 0 amide bonds. The van der Waals surface area contributed by atoms with Gasteiger partial charge in [-0.25, -0.2) is 0 Å². The molecular weight excluding hydrogens is 232 g/mol. The minimum absolute atomic E-state index is 0.648. The molecule has 0 aliphatic rings. The van der Waals surface area contributed by atoms with Gasteiger partial charge in [0.15, 0.2) is 0 Å². The average molecular weight is 247 g/mol. The fourth-order valence-corrected chi connectivity index (χ4v) is 1.90. The van der Waals surface area contributed by atoms with Crippen LogP contribution in [0.25, 0.3) is 11.1 Å². The molecule has 88 valence electrons. The Morgan fingerprint density at radius 1 is 1.00 bits per heavy atom. The van der Waals surface area contributed by atoms with Crippen LogP contribution in [-0.4, -0.2) is 6.61 Å². The Morgan fingerprint density at radius 3 is 2.41 bits per heavy atom. The van der Waals surface area contributed by atoms with Gasteiger partial charge in [-0.05, 0) is 35.7 Å². The second kappa shape index (κ2) is 5.85. The van der Waals surface area contributed by atoms with Gasteiger partial charge in [-0.1, -0.05) is 48.0 Å². The molecule has 0 radical (unpaired) electrons. The molecule has 0 saturated heterocycles. The van der Waals surface area contributed by atoms with Gasteiger partial charge in [-0.3, -0.25) is 0 Å². The van der Waals surface area contributed by atoms with Gasteiger partial charge in [0.2, 0.25) is 0 Å². The van der Waals surface area contributed by atoms with Gasteiger partial charge in [0.1, 0.15) is 0 Å². The zero-order chi connectivity index (χ0) is 12.1. The highest BCUT2D eigenvalue weighted by atomic mass is 35.5. The summed E-state index contributed by atoms with van der Waals surface area (Å²) in [6.45, 7) is 3.38. The van der Waals surface area contributed by atoms with Crippen molar-refractivity contribution in [1.82, 2.24) is 0 Å². The van der Waals surface area contributed by atoms with Crippen molar-refractivity contribution in [2.24, 2.45) is 0 Å². The first-order valence-corrected chi connectivity index (χ1v) is 6.10. The zero-order valence-corrected chi connectivity index (χ0v) is 10.6. The van der Waals surface area contributed by atoms with E-state index in [1.165, 1.54) is 16.7 Å². The summed E-state index contributed by atoms with van der Waals surface area (Å²) in [5, 5.41) is 0.760. The molecule has 0 saturated carbocycles. The quantitative estimate of drug-likeness (QED) is 0.769. The van der Waals surface area contributed by atoms with Gasteiger partial charge in [0.25, 0.3) is 0 Å². The Hall–Kier alpha value is -1.31. The largest absolute Gasteiger partial charge is 0.377 e. The van der Waals surface area contributed by atoms with Crippen LogP contribution in [0, 0.1) is 0 Å². The molecular formula is C15H15ClO. The van der Waals surface area contributed by atoms with Gasteiger partial charge < -0.3 is 4.74 Å². The van der Waals surface area contributed by atoms with Gasteiger partial charge in [0, 0.05) is 11.6 Å². The third-order valence-electron chi connectivity index (χ3n) is 2.63. The topological polar surface area (TPSA) is 9.23 Å². The Morgan fingerprint density at radius 2 is 1.71 bits per heavy atom. The molecule has 0 fully saturated rings. The molecule has 0 N–H and O–H groups in total. The molecule has 0 atom stereocenters. The summed E-state index contributed by atoms with van der Waals surface area (Å²) >= 11 is 5.90. The lowest BCUT2D eigenvalue weighted by Gasteiger charge is -2.09. The van der Waals surface area contributed by atoms with Crippen molar-refractivity contribution in [3.8, 4) is 11.1 Å². The Bertz CT molecular complexity index is 477. The van der Waals surface area contributed by atoms with E-state index in [0.717, 1.165) is 11.6 Å². The molecule has 1 nitrogen and oxygen atoms in total. The SMILES string of the molecule is CCOCc1ccccc1-c1ccc(Cl)cc1.